The SMILES string of the molecule is Cc1noc(C2CC2C(=O)Nc2cc3cc(C4CCN([C@@]5(C)COC[C@H]5O)CC4)c(Cl)cc3cn2)n1. The number of hydrogen-bond donors (Lipinski definition) is 2. The molecular weight excluding hydrogens is 482 g/mol. The Balaban J connectivity index is 1.15. The maximum absolute atomic E-state index is 12.8. The van der Waals surface area contributed by atoms with E-state index in [0.717, 1.165) is 47.3 Å². The van der Waals surface area contributed by atoms with Gasteiger partial charge in [0.15, 0.2) is 5.82 Å². The first kappa shape index (κ1) is 23.8. The molecule has 2 aromatic heterocycles. The number of hydrogen-bond acceptors (Lipinski definition) is 8. The highest BCUT2D eigenvalue weighted by molar-refractivity contribution is 6.32. The van der Waals surface area contributed by atoms with Crippen LogP contribution in [0.4, 0.5) is 5.82 Å². The van der Waals surface area contributed by atoms with Gasteiger partial charge in [-0.3, -0.25) is 9.69 Å². The number of anilines is 1. The minimum absolute atomic E-state index is 0.0258. The fourth-order valence-corrected chi connectivity index (χ4v) is 5.99. The van der Waals surface area contributed by atoms with Crippen LogP contribution in [0.2, 0.25) is 5.02 Å². The highest BCUT2D eigenvalue weighted by Gasteiger charge is 2.48. The maximum Gasteiger partial charge on any atom is 0.230 e. The van der Waals surface area contributed by atoms with Crippen molar-refractivity contribution in [2.75, 3.05) is 31.6 Å². The number of halogens is 1. The quantitative estimate of drug-likeness (QED) is 0.533. The van der Waals surface area contributed by atoms with Crippen molar-refractivity contribution in [2.45, 2.75) is 56.6 Å². The van der Waals surface area contributed by atoms with Crippen LogP contribution in [0.1, 0.15) is 55.3 Å². The van der Waals surface area contributed by atoms with Crippen molar-refractivity contribution < 1.29 is 19.2 Å². The highest BCUT2D eigenvalue weighted by Crippen LogP contribution is 2.47. The van der Waals surface area contributed by atoms with Gasteiger partial charge < -0.3 is 19.7 Å². The first-order chi connectivity index (χ1) is 17.3. The Labute approximate surface area is 214 Å². The number of aromatic nitrogens is 3. The zero-order chi connectivity index (χ0) is 25.0. The third kappa shape index (κ3) is 4.28. The number of aliphatic hydroxyl groups is 1. The van der Waals surface area contributed by atoms with Crippen LogP contribution in [0, 0.1) is 12.8 Å². The highest BCUT2D eigenvalue weighted by atomic mass is 35.5. The second-order valence-corrected chi connectivity index (χ2v) is 11.0. The summed E-state index contributed by atoms with van der Waals surface area (Å²) in [5.74, 6) is 1.65. The number of ether oxygens (including phenoxy) is 1. The van der Waals surface area contributed by atoms with E-state index in [1.807, 2.05) is 12.1 Å². The molecule has 6 rings (SSSR count). The molecule has 2 saturated heterocycles. The van der Waals surface area contributed by atoms with Crippen molar-refractivity contribution >= 4 is 34.1 Å². The van der Waals surface area contributed by atoms with Crippen LogP contribution in [0.5, 0.6) is 0 Å². The van der Waals surface area contributed by atoms with E-state index >= 15 is 0 Å². The van der Waals surface area contributed by atoms with Gasteiger partial charge >= 0.3 is 0 Å². The lowest BCUT2D eigenvalue weighted by Gasteiger charge is -2.43. The standard InChI is InChI=1S/C26H30ClN5O4/c1-14-29-25(36-31-14)20-10-19(20)24(34)30-23-9-16-7-18(21(27)8-17(16)11-28-23)15-3-5-32(6-4-15)26(2)13-35-12-22(26)33/h7-9,11,15,19-20,22,33H,3-6,10,12-13H2,1-2H3,(H,28,30,34)/t19?,20?,22-,26+/m1/s1. The minimum Gasteiger partial charge on any atom is -0.389 e. The second kappa shape index (κ2) is 9.06. The van der Waals surface area contributed by atoms with E-state index in [-0.39, 0.29) is 23.3 Å². The Morgan fingerprint density at radius 2 is 2.06 bits per heavy atom. The van der Waals surface area contributed by atoms with Crippen molar-refractivity contribution in [1.82, 2.24) is 20.0 Å². The molecule has 1 aromatic carbocycles. The first-order valence-electron chi connectivity index (χ1n) is 12.5. The van der Waals surface area contributed by atoms with E-state index in [2.05, 4.69) is 38.3 Å². The van der Waals surface area contributed by atoms with Crippen molar-refractivity contribution in [1.29, 1.82) is 0 Å². The second-order valence-electron chi connectivity index (χ2n) is 10.6. The molecule has 36 heavy (non-hydrogen) atoms. The molecule has 0 bridgehead atoms. The molecule has 1 amide bonds. The van der Waals surface area contributed by atoms with E-state index < -0.39 is 6.10 Å². The maximum atomic E-state index is 12.8. The number of pyridine rings is 1. The number of carbonyl (C=O) groups is 1. The van der Waals surface area contributed by atoms with Gasteiger partial charge in [0.2, 0.25) is 11.8 Å². The molecule has 3 aromatic rings. The molecule has 1 saturated carbocycles. The van der Waals surface area contributed by atoms with Crippen molar-refractivity contribution in [2.24, 2.45) is 5.92 Å². The zero-order valence-electron chi connectivity index (χ0n) is 20.4. The topological polar surface area (TPSA) is 114 Å². The molecular formula is C26H30ClN5O4. The average Bonchev–Trinajstić information content (AvgIpc) is 3.44. The van der Waals surface area contributed by atoms with Gasteiger partial charge in [-0.1, -0.05) is 16.8 Å². The first-order valence-corrected chi connectivity index (χ1v) is 12.9. The number of amides is 1. The summed E-state index contributed by atoms with van der Waals surface area (Å²) in [5.41, 5.74) is 0.800. The van der Waals surface area contributed by atoms with E-state index in [4.69, 9.17) is 20.9 Å². The lowest BCUT2D eigenvalue weighted by Crippen LogP contribution is -2.56. The van der Waals surface area contributed by atoms with Crippen LogP contribution in [-0.4, -0.2) is 69.0 Å². The molecule has 9 nitrogen and oxygen atoms in total. The Kier molecular flexibility index (Phi) is 5.99. The zero-order valence-corrected chi connectivity index (χ0v) is 21.2. The third-order valence-corrected chi connectivity index (χ3v) is 8.45. The summed E-state index contributed by atoms with van der Waals surface area (Å²) >= 11 is 6.71. The van der Waals surface area contributed by atoms with Gasteiger partial charge in [0.25, 0.3) is 0 Å². The van der Waals surface area contributed by atoms with Crippen molar-refractivity contribution in [3.05, 3.63) is 46.7 Å². The number of aryl methyl sites for hydroxylation is 1. The number of nitrogens with zero attached hydrogens (tertiary/aromatic N) is 4. The van der Waals surface area contributed by atoms with Crippen LogP contribution in [0.15, 0.2) is 28.9 Å². The predicted molar refractivity (Wildman–Crippen MR) is 134 cm³/mol. The van der Waals surface area contributed by atoms with Crippen LogP contribution in [0.3, 0.4) is 0 Å². The summed E-state index contributed by atoms with van der Waals surface area (Å²) in [6, 6.07) is 6.00. The Bertz CT molecular complexity index is 1310. The monoisotopic (exact) mass is 511 g/mol. The minimum atomic E-state index is -0.457. The summed E-state index contributed by atoms with van der Waals surface area (Å²) < 4.78 is 10.7. The van der Waals surface area contributed by atoms with Crippen molar-refractivity contribution in [3.8, 4) is 0 Å². The number of likely N-dealkylation sites (tertiary alicyclic amines) is 1. The molecule has 190 valence electrons. The molecule has 2 aliphatic heterocycles. The molecule has 3 aliphatic rings. The van der Waals surface area contributed by atoms with Crippen LogP contribution in [0.25, 0.3) is 10.8 Å². The summed E-state index contributed by atoms with van der Waals surface area (Å²) in [6.07, 6.45) is 3.90. The molecule has 4 heterocycles. The van der Waals surface area contributed by atoms with Gasteiger partial charge in [0.1, 0.15) is 5.82 Å². The van der Waals surface area contributed by atoms with Gasteiger partial charge in [-0.2, -0.15) is 4.98 Å². The van der Waals surface area contributed by atoms with E-state index in [1.54, 1.807) is 13.1 Å². The number of carbonyl (C=O) groups excluding carboxylic acids is 1. The molecule has 10 heteroatoms. The number of rotatable bonds is 5. The lowest BCUT2D eigenvalue weighted by atomic mass is 9.85. The summed E-state index contributed by atoms with van der Waals surface area (Å²) in [7, 11) is 0. The molecule has 4 atom stereocenters. The smallest absolute Gasteiger partial charge is 0.230 e. The lowest BCUT2D eigenvalue weighted by molar-refractivity contribution is -0.117. The van der Waals surface area contributed by atoms with Gasteiger partial charge in [-0.15, -0.1) is 0 Å². The van der Waals surface area contributed by atoms with Crippen LogP contribution < -0.4 is 5.32 Å². The molecule has 0 radical (unpaired) electrons. The molecule has 2 N–H and O–H groups in total. The molecule has 2 unspecified atom stereocenters. The number of benzene rings is 1. The fourth-order valence-electron chi connectivity index (χ4n) is 5.66. The number of nitrogens with one attached hydrogen (secondary N) is 1. The summed E-state index contributed by atoms with van der Waals surface area (Å²) in [6.45, 7) is 6.59. The molecule has 3 fully saturated rings. The van der Waals surface area contributed by atoms with E-state index in [0.29, 0.717) is 43.1 Å². The number of fused-ring (bicyclic) bond motifs is 1. The third-order valence-electron chi connectivity index (χ3n) is 8.12. The molecule has 0 spiro atoms. The molecule has 1 aliphatic carbocycles. The largest absolute Gasteiger partial charge is 0.389 e. The summed E-state index contributed by atoms with van der Waals surface area (Å²) in [4.78, 5) is 23.8. The van der Waals surface area contributed by atoms with Gasteiger partial charge in [0.05, 0.1) is 36.7 Å². The Morgan fingerprint density at radius 1 is 1.25 bits per heavy atom. The fraction of sp³-hybridized carbons (Fsp3) is 0.538. The van der Waals surface area contributed by atoms with Crippen molar-refractivity contribution in [3.63, 3.8) is 0 Å². The number of aliphatic hydroxyl groups excluding tert-OH is 1. The van der Waals surface area contributed by atoms with E-state index in [1.165, 1.54) is 0 Å². The van der Waals surface area contributed by atoms with Gasteiger partial charge in [-0.25, -0.2) is 4.98 Å². The van der Waals surface area contributed by atoms with Gasteiger partial charge in [-0.05, 0) is 81.3 Å². The van der Waals surface area contributed by atoms with Gasteiger partial charge in [0, 0.05) is 16.6 Å². The normalized spacial score (nSPS) is 29.1. The van der Waals surface area contributed by atoms with Crippen LogP contribution >= 0.6 is 11.6 Å². The predicted octanol–water partition coefficient (Wildman–Crippen LogP) is 3.65. The summed E-state index contributed by atoms with van der Waals surface area (Å²) in [5, 5.41) is 19.8. The Morgan fingerprint density at radius 3 is 2.75 bits per heavy atom. The number of piperidine rings is 1. The van der Waals surface area contributed by atoms with Crippen LogP contribution in [-0.2, 0) is 9.53 Å². The Hall–Kier alpha value is -2.59. The van der Waals surface area contributed by atoms with E-state index in [9.17, 15) is 9.90 Å². The average molecular weight is 512 g/mol.